The lowest BCUT2D eigenvalue weighted by atomic mass is 9.77. The molecule has 0 amide bonds. The normalized spacial score (nSPS) is 22.3. The number of hydrogen-bond donors (Lipinski definition) is 1. The monoisotopic (exact) mass is 519 g/mol. The van der Waals surface area contributed by atoms with Gasteiger partial charge in [0.2, 0.25) is 0 Å². The molecule has 7 nitrogen and oxygen atoms in total. The zero-order chi connectivity index (χ0) is 24.9. The summed E-state index contributed by atoms with van der Waals surface area (Å²) in [6, 6.07) is 3.64. The van der Waals surface area contributed by atoms with Crippen LogP contribution in [0.1, 0.15) is 55.6 Å². The number of ether oxygens (including phenoxy) is 2. The Balaban J connectivity index is 1.71. The Morgan fingerprint density at radius 1 is 1.26 bits per heavy atom. The molecule has 2 heterocycles. The average Bonchev–Trinajstić information content (AvgIpc) is 3.40. The van der Waals surface area contributed by atoms with Crippen LogP contribution in [-0.2, 0) is 19.1 Å². The maximum atomic E-state index is 14.4. The van der Waals surface area contributed by atoms with E-state index in [-0.39, 0.29) is 22.8 Å². The number of aromatic nitrogens is 1. The first-order chi connectivity index (χ1) is 16.9. The van der Waals surface area contributed by atoms with Gasteiger partial charge < -0.3 is 14.8 Å². The summed E-state index contributed by atoms with van der Waals surface area (Å²) in [6.45, 7) is 2.17. The maximum Gasteiger partial charge on any atom is 0.338 e. The molecule has 1 saturated carbocycles. The summed E-state index contributed by atoms with van der Waals surface area (Å²) in [4.78, 5) is 34.1. The smallest absolute Gasteiger partial charge is 0.338 e. The van der Waals surface area contributed by atoms with Gasteiger partial charge in [0.05, 0.1) is 24.3 Å². The number of hydrogen-bond acceptors (Lipinski definition) is 8. The van der Waals surface area contributed by atoms with E-state index >= 15 is 0 Å². The van der Waals surface area contributed by atoms with Crippen molar-refractivity contribution in [2.75, 3.05) is 13.7 Å². The quantitative estimate of drug-likeness (QED) is 0.505. The van der Waals surface area contributed by atoms with E-state index in [1.165, 1.54) is 24.5 Å². The van der Waals surface area contributed by atoms with Crippen LogP contribution in [-0.4, -0.2) is 36.5 Å². The molecule has 186 valence electrons. The molecule has 1 aliphatic carbocycles. The number of halogens is 2. The molecular weight excluding hydrogens is 493 g/mol. The molecule has 0 spiro atoms. The number of nitrogens with one attached hydrogen (secondary N) is 1. The Kier molecular flexibility index (Phi) is 8.18. The standard InChI is InChI=1S/C25H27ClFN3O4S/c1-3-34-18(31)13-14-7-9-15(10-8-14)21-19(25(32)33-2)22(16-5-4-6-17(27)20(16)26)30-23(29-21)24-28-11-12-35-24/h4-6,11-12,14-15,22H,3,7-10,13H2,1-2H3,(H,29,30)/t14-,15-,22?. The van der Waals surface area contributed by atoms with Crippen molar-refractivity contribution in [2.45, 2.75) is 45.1 Å². The summed E-state index contributed by atoms with van der Waals surface area (Å²) in [5.74, 6) is -0.575. The molecule has 1 unspecified atom stereocenters. The van der Waals surface area contributed by atoms with E-state index in [9.17, 15) is 14.0 Å². The highest BCUT2D eigenvalue weighted by atomic mass is 35.5. The van der Waals surface area contributed by atoms with Crippen LogP contribution >= 0.6 is 22.9 Å². The summed E-state index contributed by atoms with van der Waals surface area (Å²) in [5, 5.41) is 5.76. The highest BCUT2D eigenvalue weighted by Gasteiger charge is 2.38. The average molecular weight is 520 g/mol. The Morgan fingerprint density at radius 2 is 2.03 bits per heavy atom. The number of rotatable bonds is 7. The molecule has 2 aliphatic rings. The second-order valence-corrected chi connectivity index (χ2v) is 9.80. The van der Waals surface area contributed by atoms with Crippen molar-refractivity contribution in [3.05, 3.63) is 62.5 Å². The van der Waals surface area contributed by atoms with E-state index in [0.717, 1.165) is 25.7 Å². The fourth-order valence-electron chi connectivity index (χ4n) is 4.74. The third kappa shape index (κ3) is 5.56. The second kappa shape index (κ2) is 11.3. The van der Waals surface area contributed by atoms with Crippen molar-refractivity contribution < 1.29 is 23.5 Å². The van der Waals surface area contributed by atoms with Gasteiger partial charge in [-0.1, -0.05) is 23.7 Å². The molecule has 1 aromatic heterocycles. The number of thiazole rings is 1. The van der Waals surface area contributed by atoms with Gasteiger partial charge in [-0.15, -0.1) is 11.3 Å². The molecule has 10 heteroatoms. The number of esters is 2. The Hall–Kier alpha value is -2.78. The van der Waals surface area contributed by atoms with Crippen LogP contribution in [0.5, 0.6) is 0 Å². The minimum Gasteiger partial charge on any atom is -0.466 e. The molecule has 1 aliphatic heterocycles. The van der Waals surface area contributed by atoms with Gasteiger partial charge in [0.15, 0.2) is 10.8 Å². The van der Waals surface area contributed by atoms with Crippen molar-refractivity contribution >= 4 is 40.7 Å². The number of allylic oxidation sites excluding steroid dienone is 1. The van der Waals surface area contributed by atoms with Gasteiger partial charge in [-0.05, 0) is 50.5 Å². The highest BCUT2D eigenvalue weighted by Crippen LogP contribution is 2.42. The molecule has 4 rings (SSSR count). The van der Waals surface area contributed by atoms with Crippen LogP contribution in [0.3, 0.4) is 0 Å². The van der Waals surface area contributed by atoms with E-state index in [2.05, 4.69) is 10.3 Å². The number of amidine groups is 1. The van der Waals surface area contributed by atoms with Gasteiger partial charge in [-0.2, -0.15) is 0 Å². The first-order valence-electron chi connectivity index (χ1n) is 11.6. The minimum atomic E-state index is -0.849. The zero-order valence-corrected chi connectivity index (χ0v) is 21.1. The number of carbonyl (C=O) groups is 2. The van der Waals surface area contributed by atoms with Gasteiger partial charge in [0.25, 0.3) is 0 Å². The van der Waals surface area contributed by atoms with Gasteiger partial charge >= 0.3 is 11.9 Å². The van der Waals surface area contributed by atoms with Crippen LogP contribution in [0, 0.1) is 17.7 Å². The van der Waals surface area contributed by atoms with Crippen LogP contribution in [0.4, 0.5) is 4.39 Å². The van der Waals surface area contributed by atoms with Crippen molar-refractivity contribution in [3.63, 3.8) is 0 Å². The Labute approximate surface area is 212 Å². The number of methoxy groups -OCH3 is 1. The zero-order valence-electron chi connectivity index (χ0n) is 19.6. The third-order valence-electron chi connectivity index (χ3n) is 6.41. The number of benzene rings is 1. The van der Waals surface area contributed by atoms with E-state index < -0.39 is 17.8 Å². The van der Waals surface area contributed by atoms with E-state index in [1.54, 1.807) is 25.3 Å². The molecule has 0 saturated heterocycles. The molecule has 0 radical (unpaired) electrons. The van der Waals surface area contributed by atoms with Crippen molar-refractivity contribution in [2.24, 2.45) is 16.8 Å². The molecule has 1 atom stereocenters. The summed E-state index contributed by atoms with van der Waals surface area (Å²) < 4.78 is 24.6. The molecule has 1 aromatic carbocycles. The summed E-state index contributed by atoms with van der Waals surface area (Å²) in [6.07, 6.45) is 5.23. The van der Waals surface area contributed by atoms with E-state index in [1.807, 2.05) is 5.38 Å². The summed E-state index contributed by atoms with van der Waals surface area (Å²) in [5.41, 5.74) is 1.39. The lowest BCUT2D eigenvalue weighted by molar-refractivity contribution is -0.144. The minimum absolute atomic E-state index is 0.00263. The number of nitrogens with zero attached hydrogens (tertiary/aromatic N) is 2. The van der Waals surface area contributed by atoms with Crippen LogP contribution in [0.2, 0.25) is 5.02 Å². The van der Waals surface area contributed by atoms with Gasteiger partial charge in [0.1, 0.15) is 11.9 Å². The predicted molar refractivity (Wildman–Crippen MR) is 132 cm³/mol. The van der Waals surface area contributed by atoms with Gasteiger partial charge in [0, 0.05) is 29.3 Å². The number of carbonyl (C=O) groups excluding carboxylic acids is 2. The highest BCUT2D eigenvalue weighted by molar-refractivity contribution is 7.11. The van der Waals surface area contributed by atoms with Crippen LogP contribution in [0.25, 0.3) is 0 Å². The Morgan fingerprint density at radius 3 is 2.69 bits per heavy atom. The van der Waals surface area contributed by atoms with Crippen LogP contribution in [0.15, 0.2) is 46.0 Å². The number of aliphatic imine (C=N–C) groups is 1. The SMILES string of the molecule is CCOC(=O)C[C@H]1CC[C@H](C2=C(C(=O)OC)C(c3cccc(F)c3Cl)N=C(c3nccs3)N2)CC1. The Bertz CT molecular complexity index is 1140. The van der Waals surface area contributed by atoms with Gasteiger partial charge in [-0.3, -0.25) is 9.79 Å². The van der Waals surface area contributed by atoms with Crippen LogP contribution < -0.4 is 5.32 Å². The summed E-state index contributed by atoms with van der Waals surface area (Å²) in [7, 11) is 1.31. The first-order valence-corrected chi connectivity index (χ1v) is 12.8. The summed E-state index contributed by atoms with van der Waals surface area (Å²) >= 11 is 7.75. The third-order valence-corrected chi connectivity index (χ3v) is 7.59. The fraction of sp³-hybridized carbons (Fsp3) is 0.440. The lowest BCUT2D eigenvalue weighted by Crippen LogP contribution is -2.38. The topological polar surface area (TPSA) is 89.9 Å². The second-order valence-electron chi connectivity index (χ2n) is 8.53. The largest absolute Gasteiger partial charge is 0.466 e. The van der Waals surface area contributed by atoms with Gasteiger partial charge in [-0.25, -0.2) is 14.2 Å². The molecule has 35 heavy (non-hydrogen) atoms. The maximum absolute atomic E-state index is 14.4. The van der Waals surface area contributed by atoms with Crippen molar-refractivity contribution in [1.29, 1.82) is 0 Å². The van der Waals surface area contributed by atoms with Crippen molar-refractivity contribution in [3.8, 4) is 0 Å². The van der Waals surface area contributed by atoms with E-state index in [0.29, 0.717) is 40.7 Å². The molecule has 1 fully saturated rings. The first kappa shape index (κ1) is 25.3. The molecule has 0 bridgehead atoms. The molecule has 2 aromatic rings. The molecular formula is C25H27ClFN3O4S. The van der Waals surface area contributed by atoms with Crippen molar-refractivity contribution in [1.82, 2.24) is 10.3 Å². The fourth-order valence-corrected chi connectivity index (χ4v) is 5.56. The molecule has 1 N–H and O–H groups in total. The van der Waals surface area contributed by atoms with E-state index in [4.69, 9.17) is 26.1 Å². The lowest BCUT2D eigenvalue weighted by Gasteiger charge is -2.35. The predicted octanol–water partition coefficient (Wildman–Crippen LogP) is 5.21.